The number of anilines is 1. The Morgan fingerprint density at radius 2 is 1.68 bits per heavy atom. The summed E-state index contributed by atoms with van der Waals surface area (Å²) in [7, 11) is -3.83. The molecule has 0 spiro atoms. The molecular formula is C24H31Cl2N3O4S. The van der Waals surface area contributed by atoms with Gasteiger partial charge < -0.3 is 10.2 Å². The molecule has 0 aliphatic rings. The number of carbonyl (C=O) groups excluding carboxylic acids is 2. The fourth-order valence-electron chi connectivity index (χ4n) is 3.29. The first kappa shape index (κ1) is 28.0. The Hall–Kier alpha value is -2.29. The Bertz CT molecular complexity index is 1100. The molecule has 10 heteroatoms. The predicted molar refractivity (Wildman–Crippen MR) is 138 cm³/mol. The summed E-state index contributed by atoms with van der Waals surface area (Å²) in [6.45, 7) is 5.25. The average molecular weight is 529 g/mol. The monoisotopic (exact) mass is 527 g/mol. The fraction of sp³-hybridized carbons (Fsp3) is 0.417. The average Bonchev–Trinajstić information content (AvgIpc) is 2.79. The van der Waals surface area contributed by atoms with Crippen molar-refractivity contribution in [1.82, 2.24) is 10.2 Å². The van der Waals surface area contributed by atoms with Crippen LogP contribution in [-0.4, -0.2) is 56.6 Å². The van der Waals surface area contributed by atoms with Crippen LogP contribution in [0.3, 0.4) is 0 Å². The van der Waals surface area contributed by atoms with Gasteiger partial charge in [-0.15, -0.1) is 0 Å². The van der Waals surface area contributed by atoms with Gasteiger partial charge in [0.1, 0.15) is 12.6 Å². The highest BCUT2D eigenvalue weighted by Gasteiger charge is 2.30. The highest BCUT2D eigenvalue weighted by molar-refractivity contribution is 7.92. The molecule has 0 fully saturated rings. The number of nitrogens with one attached hydrogen (secondary N) is 1. The highest BCUT2D eigenvalue weighted by atomic mass is 35.5. The minimum absolute atomic E-state index is 0.0512. The number of hydrogen-bond donors (Lipinski definition) is 1. The molecule has 2 amide bonds. The second-order valence-electron chi connectivity index (χ2n) is 8.18. The van der Waals surface area contributed by atoms with Crippen molar-refractivity contribution in [2.75, 3.05) is 23.7 Å². The van der Waals surface area contributed by atoms with Crippen LogP contribution < -0.4 is 9.62 Å². The lowest BCUT2D eigenvalue weighted by atomic mass is 10.1. The summed E-state index contributed by atoms with van der Waals surface area (Å²) >= 11 is 12.0. The second-order valence-corrected chi connectivity index (χ2v) is 10.9. The quantitative estimate of drug-likeness (QED) is 0.475. The van der Waals surface area contributed by atoms with Crippen LogP contribution in [0.25, 0.3) is 0 Å². The lowest BCUT2D eigenvalue weighted by Crippen LogP contribution is -2.53. The van der Waals surface area contributed by atoms with Crippen LogP contribution in [0.2, 0.25) is 10.0 Å². The van der Waals surface area contributed by atoms with Gasteiger partial charge in [0.2, 0.25) is 21.8 Å². The van der Waals surface area contributed by atoms with Crippen LogP contribution in [0.5, 0.6) is 0 Å². The molecule has 2 rings (SSSR count). The van der Waals surface area contributed by atoms with Gasteiger partial charge in [0, 0.05) is 12.6 Å². The zero-order valence-electron chi connectivity index (χ0n) is 19.8. The van der Waals surface area contributed by atoms with E-state index in [1.165, 1.54) is 23.1 Å². The van der Waals surface area contributed by atoms with Gasteiger partial charge in [0.15, 0.2) is 0 Å². The minimum atomic E-state index is -3.83. The molecule has 34 heavy (non-hydrogen) atoms. The fourth-order valence-corrected chi connectivity index (χ4v) is 4.42. The van der Waals surface area contributed by atoms with E-state index < -0.39 is 28.5 Å². The maximum Gasteiger partial charge on any atom is 0.244 e. The smallest absolute Gasteiger partial charge is 0.244 e. The summed E-state index contributed by atoms with van der Waals surface area (Å²) in [6, 6.07) is 13.1. The largest absolute Gasteiger partial charge is 0.352 e. The maximum absolute atomic E-state index is 13.4. The molecule has 0 heterocycles. The lowest BCUT2D eigenvalue weighted by Gasteiger charge is -2.32. The molecule has 2 aromatic carbocycles. The minimum Gasteiger partial charge on any atom is -0.352 e. The summed E-state index contributed by atoms with van der Waals surface area (Å²) in [5, 5.41) is 3.33. The molecule has 186 valence electrons. The molecule has 1 N–H and O–H groups in total. The highest BCUT2D eigenvalue weighted by Crippen LogP contribution is 2.28. The Balaban J connectivity index is 2.33. The van der Waals surface area contributed by atoms with Crippen LogP contribution in [0.15, 0.2) is 48.5 Å². The van der Waals surface area contributed by atoms with Gasteiger partial charge >= 0.3 is 0 Å². The van der Waals surface area contributed by atoms with Gasteiger partial charge in [-0.2, -0.15) is 0 Å². The molecule has 0 aromatic heterocycles. The zero-order chi connectivity index (χ0) is 25.5. The van der Waals surface area contributed by atoms with E-state index in [2.05, 4.69) is 5.32 Å². The van der Waals surface area contributed by atoms with Crippen LogP contribution in [0.1, 0.15) is 32.8 Å². The molecule has 2 unspecified atom stereocenters. The molecule has 2 atom stereocenters. The summed E-state index contributed by atoms with van der Waals surface area (Å²) < 4.78 is 26.1. The Morgan fingerprint density at radius 3 is 2.24 bits per heavy atom. The van der Waals surface area contributed by atoms with E-state index in [-0.39, 0.29) is 34.2 Å². The van der Waals surface area contributed by atoms with Crippen molar-refractivity contribution < 1.29 is 18.0 Å². The number of rotatable bonds is 11. The molecule has 0 aliphatic carbocycles. The summed E-state index contributed by atoms with van der Waals surface area (Å²) in [5.74, 6) is -0.796. The van der Waals surface area contributed by atoms with Crippen molar-refractivity contribution in [3.8, 4) is 0 Å². The van der Waals surface area contributed by atoms with Crippen molar-refractivity contribution in [3.05, 3.63) is 64.1 Å². The summed E-state index contributed by atoms with van der Waals surface area (Å²) in [4.78, 5) is 27.7. The standard InChI is InChI=1S/C24H31Cl2N3O4S/c1-5-17(2)27-24(31)18(3)28(14-13-19-9-7-6-8-10-19)23(30)16-29(34(4,32)33)20-11-12-21(25)22(26)15-20/h6-12,15,17-18H,5,13-14,16H2,1-4H3,(H,27,31). The van der Waals surface area contributed by atoms with E-state index in [4.69, 9.17) is 23.2 Å². The van der Waals surface area contributed by atoms with Crippen molar-refractivity contribution in [1.29, 1.82) is 0 Å². The van der Waals surface area contributed by atoms with Crippen molar-refractivity contribution in [3.63, 3.8) is 0 Å². The van der Waals surface area contributed by atoms with Crippen LogP contribution in [0.4, 0.5) is 5.69 Å². The van der Waals surface area contributed by atoms with Gasteiger partial charge in [-0.3, -0.25) is 13.9 Å². The lowest BCUT2D eigenvalue weighted by molar-refractivity contribution is -0.139. The zero-order valence-corrected chi connectivity index (χ0v) is 22.1. The topological polar surface area (TPSA) is 86.8 Å². The SMILES string of the molecule is CCC(C)NC(=O)C(C)N(CCc1ccccc1)C(=O)CN(c1ccc(Cl)c(Cl)c1)S(C)(=O)=O. The normalized spacial score (nSPS) is 13.1. The molecule has 0 saturated carbocycles. The van der Waals surface area contributed by atoms with Gasteiger partial charge in [-0.1, -0.05) is 60.5 Å². The first-order valence-corrected chi connectivity index (χ1v) is 13.6. The predicted octanol–water partition coefficient (Wildman–Crippen LogP) is 4.13. The van der Waals surface area contributed by atoms with Gasteiger partial charge in [-0.25, -0.2) is 8.42 Å². The number of amides is 2. The third-order valence-corrected chi connectivity index (χ3v) is 7.40. The summed E-state index contributed by atoms with van der Waals surface area (Å²) in [6.07, 6.45) is 2.27. The first-order valence-electron chi connectivity index (χ1n) is 11.0. The number of carbonyl (C=O) groups is 2. The number of hydrogen-bond acceptors (Lipinski definition) is 4. The number of nitrogens with zero attached hydrogens (tertiary/aromatic N) is 2. The molecule has 7 nitrogen and oxygen atoms in total. The maximum atomic E-state index is 13.4. The summed E-state index contributed by atoms with van der Waals surface area (Å²) in [5.41, 5.74) is 1.21. The second kappa shape index (κ2) is 12.4. The van der Waals surface area contributed by atoms with E-state index in [1.54, 1.807) is 6.92 Å². The van der Waals surface area contributed by atoms with E-state index in [1.807, 2.05) is 44.2 Å². The Kier molecular flexibility index (Phi) is 10.2. The Labute approximate surface area is 212 Å². The van der Waals surface area contributed by atoms with E-state index in [9.17, 15) is 18.0 Å². The van der Waals surface area contributed by atoms with Gasteiger partial charge in [-0.05, 0) is 50.5 Å². The van der Waals surface area contributed by atoms with Crippen LogP contribution in [0, 0.1) is 0 Å². The molecule has 0 bridgehead atoms. The van der Waals surface area contributed by atoms with Gasteiger partial charge in [0.05, 0.1) is 22.0 Å². The van der Waals surface area contributed by atoms with E-state index in [0.717, 1.165) is 22.5 Å². The molecule has 2 aromatic rings. The Morgan fingerprint density at radius 1 is 1.03 bits per heavy atom. The van der Waals surface area contributed by atoms with E-state index in [0.29, 0.717) is 6.42 Å². The van der Waals surface area contributed by atoms with E-state index >= 15 is 0 Å². The molecule has 0 aliphatic heterocycles. The van der Waals surface area contributed by atoms with Crippen molar-refractivity contribution in [2.24, 2.45) is 0 Å². The van der Waals surface area contributed by atoms with Gasteiger partial charge in [0.25, 0.3) is 0 Å². The molecule has 0 radical (unpaired) electrons. The van der Waals surface area contributed by atoms with Crippen molar-refractivity contribution >= 4 is 50.7 Å². The number of benzene rings is 2. The third-order valence-electron chi connectivity index (χ3n) is 5.52. The number of halogens is 2. The molecule has 0 saturated heterocycles. The molecular weight excluding hydrogens is 497 g/mol. The van der Waals surface area contributed by atoms with Crippen molar-refractivity contribution in [2.45, 2.75) is 45.7 Å². The van der Waals surface area contributed by atoms with Crippen LogP contribution in [-0.2, 0) is 26.0 Å². The van der Waals surface area contributed by atoms with Crippen LogP contribution >= 0.6 is 23.2 Å². The number of sulfonamides is 1. The first-order chi connectivity index (χ1) is 15.9. The third kappa shape index (κ3) is 7.89.